The van der Waals surface area contributed by atoms with Crippen molar-refractivity contribution in [3.63, 3.8) is 0 Å². The van der Waals surface area contributed by atoms with Crippen LogP contribution in [0.15, 0.2) is 12.4 Å². The minimum atomic E-state index is 0.0369. The summed E-state index contributed by atoms with van der Waals surface area (Å²) in [6.07, 6.45) is 7.48. The molecule has 15 heavy (non-hydrogen) atoms. The summed E-state index contributed by atoms with van der Waals surface area (Å²) in [5, 5.41) is 13.8. The Balaban J connectivity index is 2.12. The SMILES string of the molecule is CC(C)Cn1cc(C2(CO)CCC2)cn1. The van der Waals surface area contributed by atoms with E-state index in [1.807, 2.05) is 10.9 Å². The predicted molar refractivity (Wildman–Crippen MR) is 59.7 cm³/mol. The van der Waals surface area contributed by atoms with Crippen molar-refractivity contribution in [1.29, 1.82) is 0 Å². The van der Waals surface area contributed by atoms with Crippen LogP contribution in [0.2, 0.25) is 0 Å². The van der Waals surface area contributed by atoms with Gasteiger partial charge in [0.25, 0.3) is 0 Å². The number of rotatable bonds is 4. The summed E-state index contributed by atoms with van der Waals surface area (Å²) in [5.41, 5.74) is 1.26. The first-order valence-corrected chi connectivity index (χ1v) is 5.80. The van der Waals surface area contributed by atoms with Gasteiger partial charge in [-0.25, -0.2) is 0 Å². The van der Waals surface area contributed by atoms with Gasteiger partial charge in [-0.1, -0.05) is 20.3 Å². The highest BCUT2D eigenvalue weighted by Crippen LogP contribution is 2.42. The molecule has 3 heteroatoms. The monoisotopic (exact) mass is 208 g/mol. The second kappa shape index (κ2) is 3.97. The first-order chi connectivity index (χ1) is 7.16. The molecule has 1 aliphatic rings. The van der Waals surface area contributed by atoms with Gasteiger partial charge >= 0.3 is 0 Å². The van der Waals surface area contributed by atoms with Crippen LogP contribution in [0.4, 0.5) is 0 Å². The van der Waals surface area contributed by atoms with Crippen molar-refractivity contribution in [3.05, 3.63) is 18.0 Å². The van der Waals surface area contributed by atoms with Gasteiger partial charge in [0, 0.05) is 18.2 Å². The third-order valence-electron chi connectivity index (χ3n) is 3.41. The Morgan fingerprint density at radius 1 is 1.53 bits per heavy atom. The molecule has 1 fully saturated rings. The second-order valence-corrected chi connectivity index (χ2v) is 5.14. The molecule has 1 heterocycles. The maximum Gasteiger partial charge on any atom is 0.0529 e. The molecule has 0 unspecified atom stereocenters. The van der Waals surface area contributed by atoms with Gasteiger partial charge in [0.05, 0.1) is 12.8 Å². The Morgan fingerprint density at radius 2 is 2.27 bits per heavy atom. The molecule has 1 aromatic heterocycles. The number of hydrogen-bond donors (Lipinski definition) is 1. The molecular weight excluding hydrogens is 188 g/mol. The van der Waals surface area contributed by atoms with E-state index >= 15 is 0 Å². The van der Waals surface area contributed by atoms with Gasteiger partial charge in [-0.2, -0.15) is 5.10 Å². The number of nitrogens with zero attached hydrogens (tertiary/aromatic N) is 2. The number of aliphatic hydroxyl groups excluding tert-OH is 1. The standard InChI is InChI=1S/C12H20N2O/c1-10(2)7-14-8-11(6-13-14)12(9-15)4-3-5-12/h6,8,10,15H,3-5,7,9H2,1-2H3. The molecular formula is C12H20N2O. The summed E-state index contributed by atoms with van der Waals surface area (Å²) in [4.78, 5) is 0. The quantitative estimate of drug-likeness (QED) is 0.821. The van der Waals surface area contributed by atoms with Crippen molar-refractivity contribution >= 4 is 0 Å². The van der Waals surface area contributed by atoms with E-state index in [1.54, 1.807) is 0 Å². The zero-order valence-electron chi connectivity index (χ0n) is 9.61. The highest BCUT2D eigenvalue weighted by molar-refractivity contribution is 5.23. The van der Waals surface area contributed by atoms with Gasteiger partial charge < -0.3 is 5.11 Å². The van der Waals surface area contributed by atoms with Crippen LogP contribution < -0.4 is 0 Å². The fourth-order valence-electron chi connectivity index (χ4n) is 2.25. The minimum absolute atomic E-state index is 0.0369. The van der Waals surface area contributed by atoms with Crippen LogP contribution in [0.25, 0.3) is 0 Å². The van der Waals surface area contributed by atoms with Crippen molar-refractivity contribution in [2.75, 3.05) is 6.61 Å². The number of aromatic nitrogens is 2. The molecule has 1 N–H and O–H groups in total. The lowest BCUT2D eigenvalue weighted by atomic mass is 9.66. The summed E-state index contributed by atoms with van der Waals surface area (Å²) >= 11 is 0. The third-order valence-corrected chi connectivity index (χ3v) is 3.41. The van der Waals surface area contributed by atoms with Crippen LogP contribution in [-0.4, -0.2) is 21.5 Å². The molecule has 1 saturated carbocycles. The molecule has 0 radical (unpaired) electrons. The highest BCUT2D eigenvalue weighted by Gasteiger charge is 2.38. The molecule has 1 aliphatic carbocycles. The molecule has 0 aromatic carbocycles. The van der Waals surface area contributed by atoms with Gasteiger partial charge in [0.2, 0.25) is 0 Å². The fourth-order valence-corrected chi connectivity index (χ4v) is 2.25. The summed E-state index contributed by atoms with van der Waals surface area (Å²) in [5.74, 6) is 0.615. The normalized spacial score (nSPS) is 19.2. The summed E-state index contributed by atoms with van der Waals surface area (Å²) in [7, 11) is 0. The molecule has 3 nitrogen and oxygen atoms in total. The predicted octanol–water partition coefficient (Wildman–Crippen LogP) is 1.95. The van der Waals surface area contributed by atoms with Gasteiger partial charge in [-0.05, 0) is 24.3 Å². The van der Waals surface area contributed by atoms with E-state index in [-0.39, 0.29) is 12.0 Å². The van der Waals surface area contributed by atoms with Crippen LogP contribution in [0.5, 0.6) is 0 Å². The van der Waals surface area contributed by atoms with Crippen molar-refractivity contribution in [2.45, 2.75) is 45.1 Å². The topological polar surface area (TPSA) is 38.0 Å². The molecule has 0 saturated heterocycles. The maximum atomic E-state index is 9.44. The highest BCUT2D eigenvalue weighted by atomic mass is 16.3. The first-order valence-electron chi connectivity index (χ1n) is 5.80. The molecule has 2 rings (SSSR count). The van der Waals surface area contributed by atoms with E-state index in [9.17, 15) is 5.11 Å². The Labute approximate surface area is 91.1 Å². The van der Waals surface area contributed by atoms with Crippen molar-refractivity contribution in [1.82, 2.24) is 9.78 Å². The molecule has 0 bridgehead atoms. The lowest BCUT2D eigenvalue weighted by molar-refractivity contribution is 0.120. The lowest BCUT2D eigenvalue weighted by Gasteiger charge is -2.39. The Morgan fingerprint density at radius 3 is 2.73 bits per heavy atom. The average molecular weight is 208 g/mol. The zero-order chi connectivity index (χ0) is 10.9. The first kappa shape index (κ1) is 10.7. The van der Waals surface area contributed by atoms with E-state index in [1.165, 1.54) is 12.0 Å². The van der Waals surface area contributed by atoms with E-state index in [0.29, 0.717) is 5.92 Å². The van der Waals surface area contributed by atoms with Crippen LogP contribution in [0.3, 0.4) is 0 Å². The fraction of sp³-hybridized carbons (Fsp3) is 0.750. The van der Waals surface area contributed by atoms with Gasteiger partial charge in [0.1, 0.15) is 0 Å². The van der Waals surface area contributed by atoms with Crippen LogP contribution in [-0.2, 0) is 12.0 Å². The molecule has 0 atom stereocenters. The van der Waals surface area contributed by atoms with Gasteiger partial charge in [0.15, 0.2) is 0 Å². The Hall–Kier alpha value is -0.830. The smallest absolute Gasteiger partial charge is 0.0529 e. The average Bonchev–Trinajstić information content (AvgIpc) is 2.51. The van der Waals surface area contributed by atoms with E-state index in [0.717, 1.165) is 19.4 Å². The molecule has 84 valence electrons. The number of aliphatic hydroxyl groups is 1. The zero-order valence-corrected chi connectivity index (χ0v) is 9.61. The van der Waals surface area contributed by atoms with Crippen LogP contribution in [0, 0.1) is 5.92 Å². The largest absolute Gasteiger partial charge is 0.395 e. The molecule has 1 aromatic rings. The van der Waals surface area contributed by atoms with Gasteiger partial charge in [-0.3, -0.25) is 4.68 Å². The van der Waals surface area contributed by atoms with E-state index in [2.05, 4.69) is 25.1 Å². The summed E-state index contributed by atoms with van der Waals surface area (Å²) in [6, 6.07) is 0. The summed E-state index contributed by atoms with van der Waals surface area (Å²) < 4.78 is 2.00. The van der Waals surface area contributed by atoms with Crippen molar-refractivity contribution < 1.29 is 5.11 Å². The van der Waals surface area contributed by atoms with Gasteiger partial charge in [-0.15, -0.1) is 0 Å². The van der Waals surface area contributed by atoms with E-state index < -0.39 is 0 Å². The molecule has 0 spiro atoms. The van der Waals surface area contributed by atoms with Crippen molar-refractivity contribution in [3.8, 4) is 0 Å². The summed E-state index contributed by atoms with van der Waals surface area (Å²) in [6.45, 7) is 5.60. The minimum Gasteiger partial charge on any atom is -0.395 e. The molecule has 0 aliphatic heterocycles. The van der Waals surface area contributed by atoms with E-state index in [4.69, 9.17) is 0 Å². The second-order valence-electron chi connectivity index (χ2n) is 5.14. The van der Waals surface area contributed by atoms with Crippen LogP contribution in [0.1, 0.15) is 38.7 Å². The number of hydrogen-bond acceptors (Lipinski definition) is 2. The molecule has 0 amide bonds. The van der Waals surface area contributed by atoms with Crippen LogP contribution >= 0.6 is 0 Å². The Bertz CT molecular complexity index is 321. The lowest BCUT2D eigenvalue weighted by Crippen LogP contribution is -2.37. The maximum absolute atomic E-state index is 9.44. The Kier molecular flexibility index (Phi) is 2.83. The third kappa shape index (κ3) is 1.93. The van der Waals surface area contributed by atoms with Crippen molar-refractivity contribution in [2.24, 2.45) is 5.92 Å².